The zero-order valence-electron chi connectivity index (χ0n) is 11.9. The number of non-ortho nitro benzene ring substituents is 1. The summed E-state index contributed by atoms with van der Waals surface area (Å²) in [5.41, 5.74) is 0.172. The molecule has 1 aromatic rings. The van der Waals surface area contributed by atoms with Crippen molar-refractivity contribution in [3.05, 3.63) is 28.3 Å². The van der Waals surface area contributed by atoms with Gasteiger partial charge in [0.05, 0.1) is 16.7 Å². The lowest BCUT2D eigenvalue weighted by Crippen LogP contribution is -2.51. The van der Waals surface area contributed by atoms with Crippen molar-refractivity contribution in [3.8, 4) is 0 Å². The van der Waals surface area contributed by atoms with Gasteiger partial charge in [-0.2, -0.15) is 4.31 Å². The second-order valence-electron chi connectivity index (χ2n) is 5.58. The summed E-state index contributed by atoms with van der Waals surface area (Å²) < 4.78 is 26.9. The van der Waals surface area contributed by atoms with E-state index in [4.69, 9.17) is 0 Å². The molecule has 2 heterocycles. The van der Waals surface area contributed by atoms with Gasteiger partial charge in [-0.3, -0.25) is 10.1 Å². The molecule has 0 bridgehead atoms. The van der Waals surface area contributed by atoms with E-state index in [0.29, 0.717) is 31.9 Å². The molecule has 3 rings (SSSR count). The molecule has 120 valence electrons. The summed E-state index contributed by atoms with van der Waals surface area (Å²) in [6.45, 7) is 1.54. The van der Waals surface area contributed by atoms with Crippen molar-refractivity contribution < 1.29 is 18.4 Å². The summed E-state index contributed by atoms with van der Waals surface area (Å²) in [5.74, 6) is 0. The van der Waals surface area contributed by atoms with Crippen molar-refractivity contribution in [2.45, 2.75) is 23.8 Å². The SMILES string of the molecule is O=[N+]([O-])c1ccc(N2CC(O)C2)c(S(=O)(=O)N2CCCC2)c1. The van der Waals surface area contributed by atoms with Crippen molar-refractivity contribution in [2.75, 3.05) is 31.1 Å². The van der Waals surface area contributed by atoms with Crippen LogP contribution in [0.2, 0.25) is 0 Å². The summed E-state index contributed by atoms with van der Waals surface area (Å²) in [5, 5.41) is 20.4. The van der Waals surface area contributed by atoms with Crippen LogP contribution < -0.4 is 4.90 Å². The molecule has 1 N–H and O–H groups in total. The van der Waals surface area contributed by atoms with E-state index >= 15 is 0 Å². The Kier molecular flexibility index (Phi) is 3.79. The van der Waals surface area contributed by atoms with Crippen LogP contribution in [0.25, 0.3) is 0 Å². The zero-order chi connectivity index (χ0) is 15.9. The lowest BCUT2D eigenvalue weighted by Gasteiger charge is -2.39. The number of nitro benzene ring substituents is 1. The Morgan fingerprint density at radius 1 is 1.23 bits per heavy atom. The van der Waals surface area contributed by atoms with E-state index in [9.17, 15) is 23.6 Å². The fourth-order valence-corrected chi connectivity index (χ4v) is 4.55. The Morgan fingerprint density at radius 2 is 1.86 bits per heavy atom. The standard InChI is InChI=1S/C13H17N3O5S/c17-11-8-14(9-11)12-4-3-10(16(18)19)7-13(12)22(20,21)15-5-1-2-6-15/h3-4,7,11,17H,1-2,5-6,8-9H2. The Labute approximate surface area is 128 Å². The first-order valence-corrected chi connectivity index (χ1v) is 8.55. The smallest absolute Gasteiger partial charge is 0.270 e. The highest BCUT2D eigenvalue weighted by atomic mass is 32.2. The van der Waals surface area contributed by atoms with Gasteiger partial charge < -0.3 is 10.0 Å². The zero-order valence-corrected chi connectivity index (χ0v) is 12.7. The monoisotopic (exact) mass is 327 g/mol. The Bertz CT molecular complexity index is 694. The minimum absolute atomic E-state index is 0.0458. The van der Waals surface area contributed by atoms with Crippen LogP contribution in [0.1, 0.15) is 12.8 Å². The first-order valence-electron chi connectivity index (χ1n) is 7.11. The fourth-order valence-electron chi connectivity index (χ4n) is 2.80. The first-order chi connectivity index (χ1) is 10.4. The average molecular weight is 327 g/mol. The van der Waals surface area contributed by atoms with E-state index in [2.05, 4.69) is 0 Å². The molecule has 2 saturated heterocycles. The summed E-state index contributed by atoms with van der Waals surface area (Å²) in [6.07, 6.45) is 1.11. The molecule has 22 heavy (non-hydrogen) atoms. The highest BCUT2D eigenvalue weighted by Crippen LogP contribution is 2.34. The van der Waals surface area contributed by atoms with Gasteiger partial charge in [0, 0.05) is 38.3 Å². The third kappa shape index (κ3) is 2.55. The van der Waals surface area contributed by atoms with Gasteiger partial charge in [0.1, 0.15) is 4.90 Å². The Balaban J connectivity index is 2.05. The molecule has 0 saturated carbocycles. The number of hydrogen-bond acceptors (Lipinski definition) is 6. The van der Waals surface area contributed by atoms with Crippen LogP contribution in [-0.4, -0.2) is 55.0 Å². The second-order valence-corrected chi connectivity index (χ2v) is 7.49. The van der Waals surface area contributed by atoms with Gasteiger partial charge in [0.25, 0.3) is 5.69 Å². The third-order valence-electron chi connectivity index (χ3n) is 4.04. The topological polar surface area (TPSA) is 104 Å². The van der Waals surface area contributed by atoms with Crippen molar-refractivity contribution in [3.63, 3.8) is 0 Å². The van der Waals surface area contributed by atoms with Crippen LogP contribution in [0.3, 0.4) is 0 Å². The highest BCUT2D eigenvalue weighted by molar-refractivity contribution is 7.89. The average Bonchev–Trinajstić information content (AvgIpc) is 2.98. The molecule has 0 amide bonds. The number of anilines is 1. The van der Waals surface area contributed by atoms with Crippen molar-refractivity contribution in [1.82, 2.24) is 4.31 Å². The van der Waals surface area contributed by atoms with E-state index in [-0.39, 0.29) is 10.6 Å². The number of rotatable bonds is 4. The van der Waals surface area contributed by atoms with Crippen LogP contribution in [0.5, 0.6) is 0 Å². The predicted octanol–water partition coefficient (Wildman–Crippen LogP) is 0.560. The minimum Gasteiger partial charge on any atom is -0.389 e. The normalized spacial score (nSPS) is 20.1. The maximum atomic E-state index is 12.8. The van der Waals surface area contributed by atoms with Crippen LogP contribution in [-0.2, 0) is 10.0 Å². The van der Waals surface area contributed by atoms with Gasteiger partial charge >= 0.3 is 0 Å². The number of aliphatic hydroxyl groups is 1. The number of nitrogens with zero attached hydrogens (tertiary/aromatic N) is 3. The molecule has 0 atom stereocenters. The van der Waals surface area contributed by atoms with E-state index < -0.39 is 21.1 Å². The van der Waals surface area contributed by atoms with Crippen molar-refractivity contribution in [2.24, 2.45) is 0 Å². The van der Waals surface area contributed by atoms with E-state index in [1.165, 1.54) is 16.4 Å². The maximum absolute atomic E-state index is 12.8. The first kappa shape index (κ1) is 15.2. The van der Waals surface area contributed by atoms with Gasteiger partial charge in [-0.15, -0.1) is 0 Å². The van der Waals surface area contributed by atoms with Crippen LogP contribution >= 0.6 is 0 Å². The lowest BCUT2D eigenvalue weighted by molar-refractivity contribution is -0.385. The Morgan fingerprint density at radius 3 is 2.41 bits per heavy atom. The molecule has 2 aliphatic heterocycles. The van der Waals surface area contributed by atoms with Gasteiger partial charge in [-0.1, -0.05) is 0 Å². The molecule has 8 nitrogen and oxygen atoms in total. The summed E-state index contributed by atoms with van der Waals surface area (Å²) in [4.78, 5) is 12.0. The number of sulfonamides is 1. The number of nitro groups is 1. The summed E-state index contributed by atoms with van der Waals surface area (Å²) in [7, 11) is -3.76. The maximum Gasteiger partial charge on any atom is 0.270 e. The minimum atomic E-state index is -3.76. The quantitative estimate of drug-likeness (QED) is 0.640. The van der Waals surface area contributed by atoms with E-state index in [1.54, 1.807) is 4.90 Å². The third-order valence-corrected chi connectivity index (χ3v) is 5.97. The highest BCUT2D eigenvalue weighted by Gasteiger charge is 2.35. The number of benzene rings is 1. The van der Waals surface area contributed by atoms with Crippen LogP contribution in [0.4, 0.5) is 11.4 Å². The summed E-state index contributed by atoms with van der Waals surface area (Å²) >= 11 is 0. The molecule has 0 aliphatic carbocycles. The van der Waals surface area contributed by atoms with E-state index in [0.717, 1.165) is 18.9 Å². The second kappa shape index (κ2) is 5.49. The molecule has 0 spiro atoms. The number of aliphatic hydroxyl groups excluding tert-OH is 1. The summed E-state index contributed by atoms with van der Waals surface area (Å²) in [6, 6.07) is 3.86. The lowest BCUT2D eigenvalue weighted by atomic mass is 10.1. The molecule has 0 unspecified atom stereocenters. The van der Waals surface area contributed by atoms with Crippen molar-refractivity contribution in [1.29, 1.82) is 0 Å². The number of β-amino-alcohol motifs (C(OH)–C–C–N with tert-alkyl or cyclic N) is 1. The fraction of sp³-hybridized carbons (Fsp3) is 0.538. The van der Waals surface area contributed by atoms with Gasteiger partial charge in [-0.05, 0) is 18.9 Å². The van der Waals surface area contributed by atoms with Gasteiger partial charge in [-0.25, -0.2) is 8.42 Å². The largest absolute Gasteiger partial charge is 0.389 e. The molecular formula is C13H17N3O5S. The Hall–Kier alpha value is -1.71. The molecule has 1 aromatic carbocycles. The van der Waals surface area contributed by atoms with Crippen molar-refractivity contribution >= 4 is 21.4 Å². The molecule has 9 heteroatoms. The molecule has 2 aliphatic rings. The van der Waals surface area contributed by atoms with Crippen LogP contribution in [0, 0.1) is 10.1 Å². The van der Waals surface area contributed by atoms with Crippen LogP contribution in [0.15, 0.2) is 23.1 Å². The molecule has 0 aromatic heterocycles. The van der Waals surface area contributed by atoms with Gasteiger partial charge in [0.2, 0.25) is 10.0 Å². The van der Waals surface area contributed by atoms with Gasteiger partial charge in [0.15, 0.2) is 0 Å². The van der Waals surface area contributed by atoms with E-state index in [1.807, 2.05) is 0 Å². The predicted molar refractivity (Wildman–Crippen MR) is 79.3 cm³/mol. The molecule has 0 radical (unpaired) electrons. The number of hydrogen-bond donors (Lipinski definition) is 1. The molecular weight excluding hydrogens is 310 g/mol. The molecule has 2 fully saturated rings.